The summed E-state index contributed by atoms with van der Waals surface area (Å²) in [5.74, 6) is 0.945. The van der Waals surface area contributed by atoms with Crippen molar-refractivity contribution in [3.8, 4) is 0 Å². The largest absolute Gasteiger partial charge is 0.360 e. The van der Waals surface area contributed by atoms with Gasteiger partial charge < -0.3 is 9.84 Å². The highest BCUT2D eigenvalue weighted by Crippen LogP contribution is 2.24. The zero-order valence-electron chi connectivity index (χ0n) is 9.21. The van der Waals surface area contributed by atoms with E-state index in [2.05, 4.69) is 20.7 Å². The van der Waals surface area contributed by atoms with Crippen molar-refractivity contribution in [1.29, 1.82) is 0 Å². The zero-order valence-corrected chi connectivity index (χ0v) is 10.8. The fraction of sp³-hybridized carbons (Fsp3) is 0.333. The highest BCUT2D eigenvalue weighted by molar-refractivity contribution is 8.02. The molecule has 2 rings (SSSR count). The summed E-state index contributed by atoms with van der Waals surface area (Å²) in [5, 5.41) is 13.7. The van der Waals surface area contributed by atoms with E-state index in [4.69, 9.17) is 4.52 Å². The van der Waals surface area contributed by atoms with Gasteiger partial charge in [-0.3, -0.25) is 4.79 Å². The van der Waals surface area contributed by atoms with Gasteiger partial charge >= 0.3 is 0 Å². The fourth-order valence-electron chi connectivity index (χ4n) is 1.07. The second kappa shape index (κ2) is 5.28. The van der Waals surface area contributed by atoms with Crippen LogP contribution in [0.15, 0.2) is 20.4 Å². The number of anilines is 1. The van der Waals surface area contributed by atoms with Crippen molar-refractivity contribution in [3.05, 3.63) is 17.3 Å². The lowest BCUT2D eigenvalue weighted by molar-refractivity contribution is -0.115. The summed E-state index contributed by atoms with van der Waals surface area (Å²) in [4.78, 5) is 11.8. The molecule has 0 spiro atoms. The van der Waals surface area contributed by atoms with E-state index >= 15 is 0 Å². The Balaban J connectivity index is 1.91. The van der Waals surface area contributed by atoms with E-state index in [9.17, 15) is 4.79 Å². The van der Waals surface area contributed by atoms with Crippen molar-refractivity contribution in [2.75, 3.05) is 5.32 Å². The summed E-state index contributed by atoms with van der Waals surface area (Å²) in [5.41, 5.74) is 1.63. The Labute approximate surface area is 106 Å². The van der Waals surface area contributed by atoms with Gasteiger partial charge in [0.05, 0.1) is 5.25 Å². The number of thioether (sulfide) groups is 1. The van der Waals surface area contributed by atoms with Gasteiger partial charge in [0.2, 0.25) is 5.91 Å². The van der Waals surface area contributed by atoms with E-state index in [1.807, 2.05) is 0 Å². The van der Waals surface area contributed by atoms with Crippen LogP contribution in [0.4, 0.5) is 5.82 Å². The second-order valence-corrected chi connectivity index (χ2v) is 5.70. The number of hydrogen-bond acceptors (Lipinski definition) is 7. The smallest absolute Gasteiger partial charge is 0.238 e. The van der Waals surface area contributed by atoms with Crippen LogP contribution in [0.5, 0.6) is 0 Å². The molecule has 2 heterocycles. The van der Waals surface area contributed by atoms with Gasteiger partial charge in [0.1, 0.15) is 11.3 Å². The van der Waals surface area contributed by atoms with E-state index in [0.717, 1.165) is 4.34 Å². The quantitative estimate of drug-likeness (QED) is 0.855. The topological polar surface area (TPSA) is 80.9 Å². The highest BCUT2D eigenvalue weighted by atomic mass is 32.2. The summed E-state index contributed by atoms with van der Waals surface area (Å²) in [6.07, 6.45) is 0. The average molecular weight is 270 g/mol. The van der Waals surface area contributed by atoms with Crippen LogP contribution in [0.25, 0.3) is 0 Å². The van der Waals surface area contributed by atoms with Crippen LogP contribution in [-0.4, -0.2) is 26.5 Å². The maximum atomic E-state index is 11.8. The Hall–Kier alpha value is -1.41. The SMILES string of the molecule is Cc1cc(NC(=O)C(C)Sc2nncs2)no1. The summed E-state index contributed by atoms with van der Waals surface area (Å²) in [6.45, 7) is 3.57. The first-order chi connectivity index (χ1) is 8.15. The minimum absolute atomic E-state index is 0.140. The number of aryl methyl sites for hydroxylation is 1. The molecule has 90 valence electrons. The van der Waals surface area contributed by atoms with E-state index in [0.29, 0.717) is 11.6 Å². The van der Waals surface area contributed by atoms with Crippen molar-refractivity contribution in [3.63, 3.8) is 0 Å². The molecule has 0 aliphatic carbocycles. The molecular formula is C9H10N4O2S2. The van der Waals surface area contributed by atoms with Crippen LogP contribution in [0.3, 0.4) is 0 Å². The second-order valence-electron chi connectivity index (χ2n) is 3.28. The monoisotopic (exact) mass is 270 g/mol. The summed E-state index contributed by atoms with van der Waals surface area (Å²) >= 11 is 2.76. The van der Waals surface area contributed by atoms with Crippen molar-refractivity contribution in [2.45, 2.75) is 23.4 Å². The minimum Gasteiger partial charge on any atom is -0.360 e. The van der Waals surface area contributed by atoms with Crippen LogP contribution < -0.4 is 5.32 Å². The van der Waals surface area contributed by atoms with Crippen molar-refractivity contribution in [1.82, 2.24) is 15.4 Å². The van der Waals surface area contributed by atoms with Gasteiger partial charge in [-0.25, -0.2) is 0 Å². The molecule has 0 bridgehead atoms. The number of carbonyl (C=O) groups is 1. The average Bonchev–Trinajstić information content (AvgIpc) is 2.90. The number of amides is 1. The van der Waals surface area contributed by atoms with Gasteiger partial charge in [-0.1, -0.05) is 28.3 Å². The molecule has 0 aliphatic rings. The Bertz CT molecular complexity index is 497. The lowest BCUT2D eigenvalue weighted by atomic mass is 10.4. The molecule has 1 unspecified atom stereocenters. The molecule has 6 nitrogen and oxygen atoms in total. The zero-order chi connectivity index (χ0) is 12.3. The normalized spacial score (nSPS) is 12.4. The summed E-state index contributed by atoms with van der Waals surface area (Å²) < 4.78 is 5.63. The maximum absolute atomic E-state index is 11.8. The van der Waals surface area contributed by atoms with Crippen LogP contribution in [-0.2, 0) is 4.79 Å². The van der Waals surface area contributed by atoms with E-state index in [1.165, 1.54) is 23.1 Å². The van der Waals surface area contributed by atoms with Gasteiger partial charge in [-0.15, -0.1) is 10.2 Å². The molecule has 0 saturated carbocycles. The predicted molar refractivity (Wildman–Crippen MR) is 65.1 cm³/mol. The number of nitrogens with zero attached hydrogens (tertiary/aromatic N) is 3. The lowest BCUT2D eigenvalue weighted by Gasteiger charge is -2.07. The molecule has 1 N–H and O–H groups in total. The molecule has 0 aromatic carbocycles. The third-order valence-corrected chi connectivity index (χ3v) is 3.78. The van der Waals surface area contributed by atoms with Crippen LogP contribution >= 0.6 is 23.1 Å². The Morgan fingerprint density at radius 2 is 2.47 bits per heavy atom. The molecule has 1 amide bonds. The van der Waals surface area contributed by atoms with Gasteiger partial charge in [0.15, 0.2) is 10.2 Å². The van der Waals surface area contributed by atoms with Crippen LogP contribution in [0.2, 0.25) is 0 Å². The Morgan fingerprint density at radius 1 is 1.65 bits per heavy atom. The molecule has 8 heteroatoms. The summed E-state index contributed by atoms with van der Waals surface area (Å²) in [7, 11) is 0. The van der Waals surface area contributed by atoms with Gasteiger partial charge in [0.25, 0.3) is 0 Å². The first-order valence-electron chi connectivity index (χ1n) is 4.82. The first-order valence-corrected chi connectivity index (χ1v) is 6.58. The van der Waals surface area contributed by atoms with Crippen molar-refractivity contribution in [2.24, 2.45) is 0 Å². The lowest BCUT2D eigenvalue weighted by Crippen LogP contribution is -2.22. The van der Waals surface area contributed by atoms with E-state index in [1.54, 1.807) is 25.4 Å². The van der Waals surface area contributed by atoms with Gasteiger partial charge in [-0.05, 0) is 13.8 Å². The minimum atomic E-state index is -0.264. The number of rotatable bonds is 4. The molecule has 0 radical (unpaired) electrons. The number of hydrogen-bond donors (Lipinski definition) is 1. The Kier molecular flexibility index (Phi) is 3.75. The summed E-state index contributed by atoms with van der Waals surface area (Å²) in [6, 6.07) is 1.67. The molecule has 1 atom stereocenters. The molecule has 2 aromatic heterocycles. The number of nitrogens with one attached hydrogen (secondary N) is 1. The molecular weight excluding hydrogens is 260 g/mol. The number of aromatic nitrogens is 3. The van der Waals surface area contributed by atoms with Crippen molar-refractivity contribution >= 4 is 34.8 Å². The van der Waals surface area contributed by atoms with Gasteiger partial charge in [-0.2, -0.15) is 0 Å². The molecule has 2 aromatic rings. The third kappa shape index (κ3) is 3.27. The third-order valence-electron chi connectivity index (χ3n) is 1.87. The molecule has 0 aliphatic heterocycles. The van der Waals surface area contributed by atoms with Gasteiger partial charge in [0, 0.05) is 6.07 Å². The molecule has 0 saturated heterocycles. The predicted octanol–water partition coefficient (Wildman–Crippen LogP) is 1.95. The molecule has 17 heavy (non-hydrogen) atoms. The maximum Gasteiger partial charge on any atom is 0.238 e. The Morgan fingerprint density at radius 3 is 3.06 bits per heavy atom. The van der Waals surface area contributed by atoms with E-state index < -0.39 is 0 Å². The van der Waals surface area contributed by atoms with Crippen LogP contribution in [0, 0.1) is 6.92 Å². The standard InChI is InChI=1S/C9H10N4O2S2/c1-5-3-7(13-15-5)11-8(14)6(2)17-9-12-10-4-16-9/h3-4,6H,1-2H3,(H,11,13,14). The van der Waals surface area contributed by atoms with Crippen LogP contribution in [0.1, 0.15) is 12.7 Å². The molecule has 0 fully saturated rings. The highest BCUT2D eigenvalue weighted by Gasteiger charge is 2.17. The first kappa shape index (κ1) is 12.1. The number of carbonyl (C=O) groups excluding carboxylic acids is 1. The van der Waals surface area contributed by atoms with Crippen molar-refractivity contribution < 1.29 is 9.32 Å². The fourth-order valence-corrected chi connectivity index (χ4v) is 2.70. The van der Waals surface area contributed by atoms with E-state index in [-0.39, 0.29) is 11.2 Å².